The highest BCUT2D eigenvalue weighted by atomic mass is 35.5. The van der Waals surface area contributed by atoms with Gasteiger partial charge >= 0.3 is 6.01 Å². The molecule has 0 bridgehead atoms. The number of hydrogen-bond donors (Lipinski definition) is 2. The van der Waals surface area contributed by atoms with Crippen molar-refractivity contribution in [2.24, 2.45) is 0 Å². The van der Waals surface area contributed by atoms with Crippen molar-refractivity contribution in [1.29, 1.82) is 0 Å². The van der Waals surface area contributed by atoms with Crippen molar-refractivity contribution >= 4 is 17.6 Å². The van der Waals surface area contributed by atoms with Crippen molar-refractivity contribution in [3.63, 3.8) is 0 Å². The maximum atomic E-state index is 9.49. The summed E-state index contributed by atoms with van der Waals surface area (Å²) in [6.07, 6.45) is 0.0192. The van der Waals surface area contributed by atoms with E-state index in [0.717, 1.165) is 5.56 Å². The van der Waals surface area contributed by atoms with Crippen molar-refractivity contribution in [2.45, 2.75) is 12.5 Å². The van der Waals surface area contributed by atoms with Crippen molar-refractivity contribution in [3.8, 4) is 11.4 Å². The standard InChI is InChI=1S/C13H16ClN3O3/c1-19-8-11(18)5-6-15-13-16-12(17-20-13)9-3-2-4-10(14)7-9/h2-4,7,11,18H,5-6,8H2,1H3,(H,15,16,17). The van der Waals surface area contributed by atoms with Crippen LogP contribution in [0.25, 0.3) is 11.4 Å². The van der Waals surface area contributed by atoms with Gasteiger partial charge in [0.05, 0.1) is 12.7 Å². The van der Waals surface area contributed by atoms with E-state index in [2.05, 4.69) is 15.5 Å². The van der Waals surface area contributed by atoms with Crippen molar-refractivity contribution in [3.05, 3.63) is 29.3 Å². The molecule has 7 heteroatoms. The van der Waals surface area contributed by atoms with Gasteiger partial charge in [-0.3, -0.25) is 0 Å². The van der Waals surface area contributed by atoms with Gasteiger partial charge < -0.3 is 19.7 Å². The van der Waals surface area contributed by atoms with Crippen molar-refractivity contribution in [1.82, 2.24) is 10.1 Å². The number of nitrogens with one attached hydrogen (secondary N) is 1. The second-order valence-corrected chi connectivity index (χ2v) is 4.69. The number of benzene rings is 1. The average Bonchev–Trinajstić information content (AvgIpc) is 2.88. The summed E-state index contributed by atoms with van der Waals surface area (Å²) in [6, 6.07) is 7.52. The third kappa shape index (κ3) is 4.19. The third-order valence-electron chi connectivity index (χ3n) is 2.62. The largest absolute Gasteiger partial charge is 0.391 e. The van der Waals surface area contributed by atoms with Crippen LogP contribution in [-0.2, 0) is 4.74 Å². The molecule has 0 spiro atoms. The first-order valence-electron chi connectivity index (χ1n) is 6.19. The minimum absolute atomic E-state index is 0.305. The molecule has 108 valence electrons. The molecule has 0 saturated carbocycles. The number of anilines is 1. The number of ether oxygens (including phenoxy) is 1. The molecular weight excluding hydrogens is 282 g/mol. The second-order valence-electron chi connectivity index (χ2n) is 4.26. The van der Waals surface area contributed by atoms with E-state index in [0.29, 0.717) is 36.4 Å². The van der Waals surface area contributed by atoms with E-state index in [1.807, 2.05) is 12.1 Å². The number of aromatic nitrogens is 2. The van der Waals surface area contributed by atoms with Gasteiger partial charge in [-0.1, -0.05) is 28.9 Å². The molecular formula is C13H16ClN3O3. The molecule has 1 aromatic carbocycles. The fraction of sp³-hybridized carbons (Fsp3) is 0.385. The summed E-state index contributed by atoms with van der Waals surface area (Å²) in [7, 11) is 1.55. The quantitative estimate of drug-likeness (QED) is 0.815. The van der Waals surface area contributed by atoms with Gasteiger partial charge in [0, 0.05) is 24.2 Å². The molecule has 0 aliphatic rings. The maximum absolute atomic E-state index is 9.49. The van der Waals surface area contributed by atoms with E-state index in [-0.39, 0.29) is 0 Å². The molecule has 1 unspecified atom stereocenters. The van der Waals surface area contributed by atoms with Crippen LogP contribution in [0.5, 0.6) is 0 Å². The zero-order valence-electron chi connectivity index (χ0n) is 11.0. The zero-order valence-corrected chi connectivity index (χ0v) is 11.8. The molecule has 0 amide bonds. The van der Waals surface area contributed by atoms with Gasteiger partial charge in [0.1, 0.15) is 0 Å². The summed E-state index contributed by atoms with van der Waals surface area (Å²) in [4.78, 5) is 4.20. The number of aliphatic hydroxyl groups is 1. The highest BCUT2D eigenvalue weighted by Gasteiger charge is 2.09. The number of rotatable bonds is 7. The Hall–Kier alpha value is -1.63. The van der Waals surface area contributed by atoms with Crippen molar-refractivity contribution in [2.75, 3.05) is 25.6 Å². The number of aliphatic hydroxyl groups excluding tert-OH is 1. The summed E-state index contributed by atoms with van der Waals surface area (Å²) in [5.41, 5.74) is 0.786. The van der Waals surface area contributed by atoms with E-state index in [4.69, 9.17) is 20.9 Å². The Morgan fingerprint density at radius 2 is 2.35 bits per heavy atom. The van der Waals surface area contributed by atoms with Gasteiger partial charge in [-0.2, -0.15) is 4.98 Å². The molecule has 1 heterocycles. The minimum Gasteiger partial charge on any atom is -0.391 e. The van der Waals surface area contributed by atoms with Gasteiger partial charge in [-0.05, 0) is 18.6 Å². The van der Waals surface area contributed by atoms with Gasteiger partial charge in [-0.15, -0.1) is 0 Å². The van der Waals surface area contributed by atoms with E-state index < -0.39 is 6.10 Å². The lowest BCUT2D eigenvalue weighted by molar-refractivity contribution is 0.0614. The normalized spacial score (nSPS) is 12.3. The second kappa shape index (κ2) is 7.23. The molecule has 0 aliphatic carbocycles. The molecule has 0 fully saturated rings. The average molecular weight is 298 g/mol. The first kappa shape index (κ1) is 14.8. The summed E-state index contributed by atoms with van der Waals surface area (Å²) in [5.74, 6) is 0.465. The van der Waals surface area contributed by atoms with Crippen LogP contribution in [0.2, 0.25) is 5.02 Å². The lowest BCUT2D eigenvalue weighted by Gasteiger charge is -2.08. The van der Waals surface area contributed by atoms with Gasteiger partial charge in [0.15, 0.2) is 0 Å². The molecule has 0 saturated heterocycles. The summed E-state index contributed by atoms with van der Waals surface area (Å²) in [6.45, 7) is 0.820. The van der Waals surface area contributed by atoms with Gasteiger partial charge in [-0.25, -0.2) is 0 Å². The van der Waals surface area contributed by atoms with Crippen LogP contribution in [0.1, 0.15) is 6.42 Å². The predicted molar refractivity (Wildman–Crippen MR) is 75.7 cm³/mol. The summed E-state index contributed by atoms with van der Waals surface area (Å²) in [5, 5.41) is 16.9. The smallest absolute Gasteiger partial charge is 0.321 e. The van der Waals surface area contributed by atoms with Gasteiger partial charge in [0.2, 0.25) is 5.82 Å². The molecule has 6 nitrogen and oxygen atoms in total. The summed E-state index contributed by atoms with van der Waals surface area (Å²) < 4.78 is 9.91. The highest BCUT2D eigenvalue weighted by Crippen LogP contribution is 2.21. The fourth-order valence-electron chi connectivity index (χ4n) is 1.66. The Morgan fingerprint density at radius 1 is 1.50 bits per heavy atom. The molecule has 2 aromatic rings. The SMILES string of the molecule is COCC(O)CCNc1nc(-c2cccc(Cl)c2)no1. The first-order valence-corrected chi connectivity index (χ1v) is 6.57. The van der Waals surface area contributed by atoms with E-state index in [9.17, 15) is 5.11 Å². The molecule has 1 atom stereocenters. The molecule has 2 N–H and O–H groups in total. The number of nitrogens with zero attached hydrogens (tertiary/aromatic N) is 2. The number of methoxy groups -OCH3 is 1. The third-order valence-corrected chi connectivity index (χ3v) is 2.86. The molecule has 1 aromatic heterocycles. The zero-order chi connectivity index (χ0) is 14.4. The van der Waals surface area contributed by atoms with Crippen LogP contribution in [0.3, 0.4) is 0 Å². The number of hydrogen-bond acceptors (Lipinski definition) is 6. The van der Waals surface area contributed by atoms with E-state index >= 15 is 0 Å². The Labute approximate surface area is 121 Å². The lowest BCUT2D eigenvalue weighted by Crippen LogP contribution is -2.18. The van der Waals surface area contributed by atoms with Crippen molar-refractivity contribution < 1.29 is 14.4 Å². The highest BCUT2D eigenvalue weighted by molar-refractivity contribution is 6.30. The predicted octanol–water partition coefficient (Wildman–Crippen LogP) is 2.20. The summed E-state index contributed by atoms with van der Waals surface area (Å²) >= 11 is 5.91. The maximum Gasteiger partial charge on any atom is 0.321 e. The van der Waals surface area contributed by atoms with Crippen LogP contribution < -0.4 is 5.32 Å². The van der Waals surface area contributed by atoms with Crippen LogP contribution in [0.15, 0.2) is 28.8 Å². The van der Waals surface area contributed by atoms with Crippen LogP contribution in [0, 0.1) is 0 Å². The van der Waals surface area contributed by atoms with E-state index in [1.54, 1.807) is 19.2 Å². The van der Waals surface area contributed by atoms with Crippen LogP contribution >= 0.6 is 11.6 Å². The Kier molecular flexibility index (Phi) is 5.34. The molecule has 0 aliphatic heterocycles. The lowest BCUT2D eigenvalue weighted by atomic mass is 10.2. The monoisotopic (exact) mass is 297 g/mol. The Balaban J connectivity index is 1.89. The fourth-order valence-corrected chi connectivity index (χ4v) is 1.85. The van der Waals surface area contributed by atoms with Crippen LogP contribution in [0.4, 0.5) is 6.01 Å². The topological polar surface area (TPSA) is 80.4 Å². The number of halogens is 1. The Bertz CT molecular complexity index is 547. The molecule has 0 radical (unpaired) electrons. The molecule has 2 rings (SSSR count). The van der Waals surface area contributed by atoms with E-state index in [1.165, 1.54) is 0 Å². The van der Waals surface area contributed by atoms with Gasteiger partial charge in [0.25, 0.3) is 0 Å². The Morgan fingerprint density at radius 3 is 3.10 bits per heavy atom. The minimum atomic E-state index is -0.511. The molecule has 20 heavy (non-hydrogen) atoms. The van der Waals surface area contributed by atoms with Crippen LogP contribution in [-0.4, -0.2) is 41.6 Å². The first-order chi connectivity index (χ1) is 9.69.